The monoisotopic (exact) mass is 478 g/mol. The van der Waals surface area contributed by atoms with E-state index in [1.54, 1.807) is 17.2 Å². The van der Waals surface area contributed by atoms with E-state index in [-0.39, 0.29) is 17.1 Å². The second-order valence-electron chi connectivity index (χ2n) is 10.1. The number of nitrogens with one attached hydrogen (secondary N) is 1. The van der Waals surface area contributed by atoms with Gasteiger partial charge < -0.3 is 20.7 Å². The minimum Gasteiger partial charge on any atom is -0.378 e. The molecule has 2 aromatic rings. The Morgan fingerprint density at radius 2 is 1.80 bits per heavy atom. The number of nitrogens with zero attached hydrogens (tertiary/aromatic N) is 4. The summed E-state index contributed by atoms with van der Waals surface area (Å²) < 4.78 is 5.41. The van der Waals surface area contributed by atoms with Crippen molar-refractivity contribution in [3.05, 3.63) is 53.7 Å². The van der Waals surface area contributed by atoms with Gasteiger partial charge in [-0.3, -0.25) is 14.6 Å². The van der Waals surface area contributed by atoms with E-state index in [0.29, 0.717) is 49.9 Å². The normalized spacial score (nSPS) is 26.9. The number of rotatable bonds is 5. The van der Waals surface area contributed by atoms with E-state index in [1.165, 1.54) is 5.56 Å². The van der Waals surface area contributed by atoms with Crippen LogP contribution in [0.25, 0.3) is 0 Å². The molecule has 9 heteroatoms. The Hall–Kier alpha value is -3.17. The lowest BCUT2D eigenvalue weighted by Gasteiger charge is -2.48. The van der Waals surface area contributed by atoms with Crippen molar-refractivity contribution >= 4 is 23.4 Å². The van der Waals surface area contributed by atoms with Crippen molar-refractivity contribution in [1.29, 1.82) is 0 Å². The third kappa shape index (κ3) is 4.23. The van der Waals surface area contributed by atoms with Crippen molar-refractivity contribution in [3.8, 4) is 0 Å². The summed E-state index contributed by atoms with van der Waals surface area (Å²) in [4.78, 5) is 36.2. The quantitative estimate of drug-likeness (QED) is 0.684. The summed E-state index contributed by atoms with van der Waals surface area (Å²) in [6.45, 7) is 3.12. The van der Waals surface area contributed by atoms with E-state index < -0.39 is 5.91 Å². The van der Waals surface area contributed by atoms with Gasteiger partial charge in [0.15, 0.2) is 0 Å². The molecule has 35 heavy (non-hydrogen) atoms. The van der Waals surface area contributed by atoms with Crippen LogP contribution in [0.1, 0.15) is 41.6 Å². The minimum atomic E-state index is -0.565. The van der Waals surface area contributed by atoms with Crippen LogP contribution in [0.2, 0.25) is 0 Å². The van der Waals surface area contributed by atoms with Gasteiger partial charge in [-0.2, -0.15) is 0 Å². The van der Waals surface area contributed by atoms with Gasteiger partial charge in [-0.1, -0.05) is 30.3 Å². The van der Waals surface area contributed by atoms with Crippen LogP contribution in [-0.2, 0) is 10.3 Å². The topological polar surface area (TPSA) is 104 Å². The molecule has 2 aliphatic heterocycles. The number of benzene rings is 1. The molecule has 3 heterocycles. The maximum atomic E-state index is 13.2. The number of carbonyl (C=O) groups is 2. The Bertz CT molecular complexity index is 1090. The lowest BCUT2D eigenvalue weighted by Crippen LogP contribution is -2.54. The first-order valence-corrected chi connectivity index (χ1v) is 12.3. The first-order chi connectivity index (χ1) is 16.8. The number of amides is 3. The summed E-state index contributed by atoms with van der Waals surface area (Å²) >= 11 is 0. The summed E-state index contributed by atoms with van der Waals surface area (Å²) in [5.41, 5.74) is 7.44. The molecule has 2 saturated heterocycles. The molecule has 9 nitrogen and oxygen atoms in total. The van der Waals surface area contributed by atoms with Crippen molar-refractivity contribution in [1.82, 2.24) is 15.2 Å². The lowest BCUT2D eigenvalue weighted by atomic mass is 9.69. The highest BCUT2D eigenvalue weighted by atomic mass is 16.5. The smallest absolute Gasteiger partial charge is 0.322 e. The Kier molecular flexibility index (Phi) is 6.14. The van der Waals surface area contributed by atoms with Gasteiger partial charge in [0, 0.05) is 18.6 Å². The van der Waals surface area contributed by atoms with Gasteiger partial charge in [-0.05, 0) is 51.4 Å². The lowest BCUT2D eigenvalue weighted by molar-refractivity contribution is 0.0657. The molecule has 3 amide bonds. The van der Waals surface area contributed by atoms with Crippen LogP contribution in [0.3, 0.4) is 0 Å². The molecular formula is C26H34N6O3. The van der Waals surface area contributed by atoms with Gasteiger partial charge in [-0.15, -0.1) is 0 Å². The molecule has 3 aliphatic rings. The van der Waals surface area contributed by atoms with Crippen LogP contribution in [0.4, 0.5) is 16.3 Å². The summed E-state index contributed by atoms with van der Waals surface area (Å²) in [6.07, 6.45) is 5.14. The van der Waals surface area contributed by atoms with Gasteiger partial charge in [0.2, 0.25) is 0 Å². The van der Waals surface area contributed by atoms with E-state index in [9.17, 15) is 9.59 Å². The number of hydrogen-bond acceptors (Lipinski definition) is 6. The third-order valence-corrected chi connectivity index (χ3v) is 8.04. The average molecular weight is 479 g/mol. The van der Waals surface area contributed by atoms with Crippen molar-refractivity contribution in [3.63, 3.8) is 0 Å². The van der Waals surface area contributed by atoms with Crippen molar-refractivity contribution < 1.29 is 14.3 Å². The molecule has 1 aliphatic carbocycles. The van der Waals surface area contributed by atoms with Crippen LogP contribution in [0.5, 0.6) is 0 Å². The number of ether oxygens (including phenoxy) is 1. The Morgan fingerprint density at radius 1 is 1.11 bits per heavy atom. The Morgan fingerprint density at radius 3 is 2.43 bits per heavy atom. The molecule has 0 radical (unpaired) electrons. The van der Waals surface area contributed by atoms with Crippen LogP contribution in [-0.4, -0.2) is 74.3 Å². The molecule has 3 N–H and O–H groups in total. The summed E-state index contributed by atoms with van der Waals surface area (Å²) in [7, 11) is 4.26. The predicted molar refractivity (Wildman–Crippen MR) is 135 cm³/mol. The molecule has 1 aromatic heterocycles. The highest BCUT2D eigenvalue weighted by Crippen LogP contribution is 2.46. The van der Waals surface area contributed by atoms with E-state index in [4.69, 9.17) is 10.5 Å². The molecule has 1 spiro atoms. The zero-order valence-corrected chi connectivity index (χ0v) is 20.5. The number of nitrogens with two attached hydrogens (primary N) is 1. The molecule has 0 unspecified atom stereocenters. The standard InChI is InChI=1S/C26H34N6O3/c1-30(2)26(19-6-4-3-5-7-19)10-8-25(9-11-26)18-32(24(34)29-25)21-17-28-22(16-20(21)23(27)33)31-12-14-35-15-13-31/h3-7,16-17H,8-15,18H2,1-2H3,(H2,27,33)(H,29,34)/t25-,26+. The van der Waals surface area contributed by atoms with Crippen molar-refractivity contribution in [2.24, 2.45) is 5.73 Å². The zero-order valence-electron chi connectivity index (χ0n) is 20.5. The number of morpholine rings is 1. The molecule has 5 rings (SSSR count). The molecule has 3 fully saturated rings. The Balaban J connectivity index is 1.38. The third-order valence-electron chi connectivity index (χ3n) is 8.04. The highest BCUT2D eigenvalue weighted by molar-refractivity contribution is 6.05. The number of pyridine rings is 1. The largest absolute Gasteiger partial charge is 0.378 e. The highest BCUT2D eigenvalue weighted by Gasteiger charge is 2.50. The summed E-state index contributed by atoms with van der Waals surface area (Å²) in [6, 6.07) is 12.1. The maximum absolute atomic E-state index is 13.2. The summed E-state index contributed by atoms with van der Waals surface area (Å²) in [5, 5.41) is 3.25. The fourth-order valence-electron chi connectivity index (χ4n) is 5.89. The zero-order chi connectivity index (χ0) is 24.6. The second kappa shape index (κ2) is 9.13. The SMILES string of the molecule is CN(C)[C@]1(c2ccccc2)CC[C@]2(CC1)CN(c1cnc(N3CCOCC3)cc1C(N)=O)C(=O)N2. The second-order valence-corrected chi connectivity index (χ2v) is 10.1. The molecule has 0 bridgehead atoms. The van der Waals surface area contributed by atoms with Crippen molar-refractivity contribution in [2.45, 2.75) is 36.8 Å². The fourth-order valence-corrected chi connectivity index (χ4v) is 5.89. The van der Waals surface area contributed by atoms with Gasteiger partial charge in [0.25, 0.3) is 5.91 Å². The van der Waals surface area contributed by atoms with Crippen LogP contribution in [0.15, 0.2) is 42.6 Å². The van der Waals surface area contributed by atoms with Crippen LogP contribution in [0, 0.1) is 0 Å². The number of hydrogen-bond donors (Lipinski definition) is 2. The molecule has 1 saturated carbocycles. The van der Waals surface area contributed by atoms with E-state index in [2.05, 4.69) is 58.5 Å². The van der Waals surface area contributed by atoms with Gasteiger partial charge >= 0.3 is 6.03 Å². The van der Waals surface area contributed by atoms with Gasteiger partial charge in [-0.25, -0.2) is 9.78 Å². The first kappa shape index (κ1) is 23.6. The van der Waals surface area contributed by atoms with Gasteiger partial charge in [0.1, 0.15) is 5.82 Å². The molecule has 0 atom stereocenters. The number of primary amides is 1. The van der Waals surface area contributed by atoms with E-state index in [1.807, 2.05) is 6.07 Å². The average Bonchev–Trinajstić information content (AvgIpc) is 3.20. The summed E-state index contributed by atoms with van der Waals surface area (Å²) in [5.74, 6) is 0.112. The molecule has 186 valence electrons. The number of aromatic nitrogens is 1. The van der Waals surface area contributed by atoms with E-state index >= 15 is 0 Å². The Labute approximate surface area is 206 Å². The molecule has 1 aromatic carbocycles. The number of urea groups is 1. The first-order valence-electron chi connectivity index (χ1n) is 12.3. The van der Waals surface area contributed by atoms with Crippen LogP contribution >= 0.6 is 0 Å². The van der Waals surface area contributed by atoms with E-state index in [0.717, 1.165) is 25.7 Å². The molecular weight excluding hydrogens is 444 g/mol. The minimum absolute atomic E-state index is 0.0651. The fraction of sp³-hybridized carbons (Fsp3) is 0.500. The maximum Gasteiger partial charge on any atom is 0.322 e. The van der Waals surface area contributed by atoms with Crippen molar-refractivity contribution in [2.75, 3.05) is 56.7 Å². The van der Waals surface area contributed by atoms with Crippen LogP contribution < -0.4 is 20.9 Å². The number of anilines is 2. The predicted octanol–water partition coefficient (Wildman–Crippen LogP) is 2.32. The number of carbonyl (C=O) groups excluding carboxylic acids is 2. The van der Waals surface area contributed by atoms with Gasteiger partial charge in [0.05, 0.1) is 42.7 Å².